The van der Waals surface area contributed by atoms with E-state index in [-0.39, 0.29) is 12.5 Å². The summed E-state index contributed by atoms with van der Waals surface area (Å²) < 4.78 is 11.3. The first-order valence-electron chi connectivity index (χ1n) is 36.3. The maximum absolute atomic E-state index is 13.1. The van der Waals surface area contributed by atoms with Crippen molar-refractivity contribution >= 4 is 5.91 Å². The Balaban J connectivity index is 2.06. The van der Waals surface area contributed by atoms with Crippen LogP contribution in [0.4, 0.5) is 0 Å². The first-order chi connectivity index (χ1) is 41.8. The van der Waals surface area contributed by atoms with Crippen LogP contribution in [0.15, 0.2) is 85.1 Å². The van der Waals surface area contributed by atoms with Gasteiger partial charge in [-0.3, -0.25) is 4.79 Å². The minimum Gasteiger partial charge on any atom is -0.394 e. The van der Waals surface area contributed by atoms with E-state index in [1.54, 1.807) is 6.08 Å². The number of hydrogen-bond acceptors (Lipinski definition) is 8. The number of aliphatic hydroxyl groups excluding tert-OH is 5. The second-order valence-electron chi connectivity index (χ2n) is 25.0. The molecule has 9 nitrogen and oxygen atoms in total. The summed E-state index contributed by atoms with van der Waals surface area (Å²) in [6.45, 7) is 3.68. The molecule has 1 rings (SSSR count). The molecule has 1 heterocycles. The lowest BCUT2D eigenvalue weighted by Gasteiger charge is -2.40. The third-order valence-corrected chi connectivity index (χ3v) is 16.9. The van der Waals surface area contributed by atoms with Crippen LogP contribution in [-0.4, -0.2) is 87.5 Å². The third kappa shape index (κ3) is 53.0. The van der Waals surface area contributed by atoms with Gasteiger partial charge in [0.25, 0.3) is 0 Å². The van der Waals surface area contributed by atoms with Crippen molar-refractivity contribution in [2.24, 2.45) is 0 Å². The van der Waals surface area contributed by atoms with Crippen molar-refractivity contribution in [3.63, 3.8) is 0 Å². The number of nitrogens with one attached hydrogen (secondary N) is 1. The van der Waals surface area contributed by atoms with Gasteiger partial charge in [-0.25, -0.2) is 0 Å². The van der Waals surface area contributed by atoms with Crippen LogP contribution < -0.4 is 5.32 Å². The Morgan fingerprint density at radius 2 is 0.741 bits per heavy atom. The van der Waals surface area contributed by atoms with Crippen molar-refractivity contribution in [1.82, 2.24) is 5.32 Å². The molecule has 0 aromatic rings. The highest BCUT2D eigenvalue weighted by molar-refractivity contribution is 5.76. The fourth-order valence-corrected chi connectivity index (χ4v) is 11.3. The Morgan fingerprint density at radius 1 is 0.412 bits per heavy atom. The lowest BCUT2D eigenvalue weighted by molar-refractivity contribution is -0.302. The molecule has 0 spiro atoms. The van der Waals surface area contributed by atoms with Gasteiger partial charge >= 0.3 is 0 Å². The molecule has 0 radical (unpaired) electrons. The average molecular weight is 1190 g/mol. The predicted molar refractivity (Wildman–Crippen MR) is 364 cm³/mol. The fourth-order valence-electron chi connectivity index (χ4n) is 11.3. The molecule has 0 bridgehead atoms. The smallest absolute Gasteiger partial charge is 0.220 e. The Bertz CT molecular complexity index is 1620. The Kier molecular flexibility index (Phi) is 60.9. The summed E-state index contributed by atoms with van der Waals surface area (Å²) in [4.78, 5) is 13.1. The number of unbranched alkanes of at least 4 members (excludes halogenated alkanes) is 41. The number of ether oxygens (including phenoxy) is 2. The van der Waals surface area contributed by atoms with Gasteiger partial charge in [-0.2, -0.15) is 0 Å². The van der Waals surface area contributed by atoms with Crippen LogP contribution in [0.1, 0.15) is 335 Å². The number of amides is 1. The fraction of sp³-hybridized carbons (Fsp3) is 0.803. The van der Waals surface area contributed by atoms with E-state index in [0.717, 1.165) is 70.6 Å². The molecular weight excluding hydrogens is 1050 g/mol. The molecule has 9 heteroatoms. The number of carbonyl (C=O) groups is 1. The van der Waals surface area contributed by atoms with Crippen LogP contribution in [-0.2, 0) is 14.3 Å². The molecule has 1 aliphatic heterocycles. The first-order valence-corrected chi connectivity index (χ1v) is 36.3. The van der Waals surface area contributed by atoms with E-state index in [1.165, 1.54) is 244 Å². The van der Waals surface area contributed by atoms with Gasteiger partial charge < -0.3 is 40.3 Å². The van der Waals surface area contributed by atoms with E-state index in [4.69, 9.17) is 9.47 Å². The molecule has 0 aromatic carbocycles. The second-order valence-corrected chi connectivity index (χ2v) is 25.0. The van der Waals surface area contributed by atoms with Gasteiger partial charge in [0.1, 0.15) is 24.4 Å². The van der Waals surface area contributed by atoms with Gasteiger partial charge in [0, 0.05) is 6.42 Å². The molecule has 1 amide bonds. The molecule has 7 atom stereocenters. The summed E-state index contributed by atoms with van der Waals surface area (Å²) >= 11 is 0. The normalized spacial score (nSPS) is 18.6. The Morgan fingerprint density at radius 3 is 1.13 bits per heavy atom. The topological polar surface area (TPSA) is 149 Å². The first kappa shape index (κ1) is 80.4. The lowest BCUT2D eigenvalue weighted by atomic mass is 9.99. The van der Waals surface area contributed by atoms with Crippen LogP contribution in [0.2, 0.25) is 0 Å². The summed E-state index contributed by atoms with van der Waals surface area (Å²) in [6.07, 6.45) is 85.7. The van der Waals surface area contributed by atoms with E-state index in [1.807, 2.05) is 6.08 Å². The molecule has 7 unspecified atom stereocenters. The maximum atomic E-state index is 13.1. The molecule has 1 fully saturated rings. The van der Waals surface area contributed by atoms with Crippen molar-refractivity contribution in [3.8, 4) is 0 Å². The van der Waals surface area contributed by atoms with Gasteiger partial charge in [0.15, 0.2) is 6.29 Å². The van der Waals surface area contributed by atoms with Gasteiger partial charge in [0.05, 0.1) is 25.4 Å². The quantitative estimate of drug-likeness (QED) is 0.0261. The molecule has 1 aliphatic rings. The zero-order chi connectivity index (χ0) is 61.4. The summed E-state index contributed by atoms with van der Waals surface area (Å²) in [7, 11) is 0. The van der Waals surface area contributed by atoms with Crippen LogP contribution in [0.3, 0.4) is 0 Å². The highest BCUT2D eigenvalue weighted by Gasteiger charge is 2.44. The zero-order valence-corrected chi connectivity index (χ0v) is 55.4. The summed E-state index contributed by atoms with van der Waals surface area (Å²) in [5.41, 5.74) is 0. The highest BCUT2D eigenvalue weighted by Crippen LogP contribution is 2.23. The van der Waals surface area contributed by atoms with Gasteiger partial charge in [-0.05, 0) is 83.5 Å². The van der Waals surface area contributed by atoms with E-state index < -0.39 is 49.5 Å². The molecule has 1 saturated heterocycles. The summed E-state index contributed by atoms with van der Waals surface area (Å²) in [5, 5.41) is 54.7. The van der Waals surface area contributed by atoms with Crippen LogP contribution in [0.25, 0.3) is 0 Å². The van der Waals surface area contributed by atoms with E-state index in [0.29, 0.717) is 6.42 Å². The number of hydrogen-bond donors (Lipinski definition) is 6. The predicted octanol–water partition coefficient (Wildman–Crippen LogP) is 20.1. The molecule has 6 N–H and O–H groups in total. The zero-order valence-electron chi connectivity index (χ0n) is 55.4. The molecule has 0 aliphatic carbocycles. The van der Waals surface area contributed by atoms with E-state index in [2.05, 4.69) is 92.1 Å². The minimum atomic E-state index is -1.58. The Labute approximate surface area is 524 Å². The van der Waals surface area contributed by atoms with Crippen molar-refractivity contribution < 1.29 is 39.8 Å². The number of allylic oxidation sites excluding steroid dienone is 13. The highest BCUT2D eigenvalue weighted by atomic mass is 16.7. The van der Waals surface area contributed by atoms with Crippen molar-refractivity contribution in [2.75, 3.05) is 13.2 Å². The van der Waals surface area contributed by atoms with Crippen molar-refractivity contribution in [3.05, 3.63) is 85.1 Å². The third-order valence-electron chi connectivity index (χ3n) is 16.9. The Hall–Kier alpha value is -2.63. The number of rotatable bonds is 63. The second kappa shape index (κ2) is 64.4. The number of aliphatic hydroxyl groups is 5. The molecule has 85 heavy (non-hydrogen) atoms. The van der Waals surface area contributed by atoms with Crippen molar-refractivity contribution in [1.29, 1.82) is 0 Å². The molecule has 494 valence electrons. The average Bonchev–Trinajstić information content (AvgIpc) is 3.68. The van der Waals surface area contributed by atoms with Crippen LogP contribution in [0, 0.1) is 0 Å². The van der Waals surface area contributed by atoms with Crippen LogP contribution in [0.5, 0.6) is 0 Å². The molecule has 0 saturated carbocycles. The van der Waals surface area contributed by atoms with Crippen LogP contribution >= 0.6 is 0 Å². The van der Waals surface area contributed by atoms with Gasteiger partial charge in [-0.1, -0.05) is 330 Å². The van der Waals surface area contributed by atoms with Gasteiger partial charge in [-0.15, -0.1) is 0 Å². The van der Waals surface area contributed by atoms with E-state index >= 15 is 0 Å². The molecule has 0 aromatic heterocycles. The van der Waals surface area contributed by atoms with E-state index in [9.17, 15) is 30.3 Å². The van der Waals surface area contributed by atoms with Crippen molar-refractivity contribution in [2.45, 2.75) is 378 Å². The monoisotopic (exact) mass is 1190 g/mol. The summed E-state index contributed by atoms with van der Waals surface area (Å²) in [5.74, 6) is -0.186. The largest absolute Gasteiger partial charge is 0.394 e. The molecular formula is C76H137NO8. The minimum absolute atomic E-state index is 0.186. The number of carbonyl (C=O) groups excluding carboxylic acids is 1. The summed E-state index contributed by atoms with van der Waals surface area (Å²) in [6, 6.07) is -0.830. The maximum Gasteiger partial charge on any atom is 0.220 e. The standard InChI is InChI=1S/C76H137NO8/c1-3-5-7-9-11-13-15-17-19-21-23-25-26-27-28-29-30-31-32-33-34-35-36-37-38-39-40-41-42-43-44-46-48-50-52-54-56-58-60-62-64-66-72(80)77-69(68-84-76-75(83)74(82)73(81)71(67-78)85-76)70(79)65-63-61-59-57-55-53-51-49-47-45-24-22-20-18-16-14-12-10-8-6-4-2/h5,7,11,13,17,19,23,25,47,49,55,57,63,65,69-71,73-76,78-79,81-83H,3-4,6,8-10,12,14-16,18,20-22,24,26-46,48,50-54,56,58-62,64,66-68H2,1-2H3,(H,77,80)/b7-5-,13-11-,19-17-,25-23-,49-47+,57-55+,65-63+. The SMILES string of the molecule is CC/C=C\C/C=C\C/C=C\C/C=C\CCCCCCCCCCCCCCCCCCCCCCCCCCCCCCC(=O)NC(COC1OC(CO)C(O)C(O)C1O)C(O)/C=C/CC/C=C/CC/C=C/CCCCCCCCCCCCC. The lowest BCUT2D eigenvalue weighted by Crippen LogP contribution is -2.60. The van der Waals surface area contributed by atoms with Gasteiger partial charge in [0.2, 0.25) is 5.91 Å².